The number of pyridine rings is 1. The van der Waals surface area contributed by atoms with Crippen molar-refractivity contribution in [1.82, 2.24) is 39.7 Å². The predicted octanol–water partition coefficient (Wildman–Crippen LogP) is 4.20. The molecule has 6 aromatic rings. The topological polar surface area (TPSA) is 110 Å². The molecular weight excluding hydrogens is 463 g/mol. The number of fused-ring (bicyclic) bond motifs is 2. The Morgan fingerprint density at radius 3 is 2.70 bits per heavy atom. The molecule has 0 aliphatic carbocycles. The SMILES string of the molecule is O=c1[nH]c2ccc(-n3nnc4c(Cl)cc(-c5ccnn5Cc5ccncc5Cl)cc43)cc2[nH]1. The van der Waals surface area contributed by atoms with Crippen molar-refractivity contribution in [3.8, 4) is 16.9 Å². The zero-order valence-electron chi connectivity index (χ0n) is 16.8. The number of aromatic amines is 2. The van der Waals surface area contributed by atoms with Crippen molar-refractivity contribution in [3.63, 3.8) is 0 Å². The summed E-state index contributed by atoms with van der Waals surface area (Å²) in [6.45, 7) is 0.481. The van der Waals surface area contributed by atoms with Crippen LogP contribution in [0.3, 0.4) is 0 Å². The fourth-order valence-electron chi connectivity index (χ4n) is 3.87. The fourth-order valence-corrected chi connectivity index (χ4v) is 4.30. The Morgan fingerprint density at radius 1 is 0.939 bits per heavy atom. The van der Waals surface area contributed by atoms with Gasteiger partial charge in [0.1, 0.15) is 5.52 Å². The van der Waals surface area contributed by atoms with E-state index in [-0.39, 0.29) is 5.69 Å². The fraction of sp³-hybridized carbons (Fsp3) is 0.0455. The first-order chi connectivity index (χ1) is 16.1. The third-order valence-electron chi connectivity index (χ3n) is 5.44. The van der Waals surface area contributed by atoms with Gasteiger partial charge in [0.25, 0.3) is 0 Å². The van der Waals surface area contributed by atoms with Crippen LogP contribution in [-0.4, -0.2) is 39.7 Å². The molecule has 0 atom stereocenters. The zero-order chi connectivity index (χ0) is 22.5. The molecule has 0 unspecified atom stereocenters. The summed E-state index contributed by atoms with van der Waals surface area (Å²) in [5.74, 6) is 0. The van der Waals surface area contributed by atoms with Crippen LogP contribution in [0.2, 0.25) is 10.0 Å². The van der Waals surface area contributed by atoms with Crippen LogP contribution in [0, 0.1) is 0 Å². The molecule has 0 radical (unpaired) electrons. The van der Waals surface area contributed by atoms with Crippen LogP contribution in [0.1, 0.15) is 5.56 Å². The average Bonchev–Trinajstić information content (AvgIpc) is 3.52. The van der Waals surface area contributed by atoms with Crippen molar-refractivity contribution in [1.29, 1.82) is 0 Å². The number of rotatable bonds is 4. The molecule has 0 aliphatic heterocycles. The summed E-state index contributed by atoms with van der Waals surface area (Å²) in [6, 6.07) is 13.1. The lowest BCUT2D eigenvalue weighted by Gasteiger charge is -2.10. The van der Waals surface area contributed by atoms with Crippen molar-refractivity contribution in [2.24, 2.45) is 0 Å². The smallest absolute Gasteiger partial charge is 0.306 e. The van der Waals surface area contributed by atoms with E-state index in [4.69, 9.17) is 23.2 Å². The lowest BCUT2D eigenvalue weighted by atomic mass is 10.1. The summed E-state index contributed by atoms with van der Waals surface area (Å²) in [5.41, 5.74) is 5.80. The molecule has 0 amide bonds. The van der Waals surface area contributed by atoms with Gasteiger partial charge in [-0.05, 0) is 48.0 Å². The van der Waals surface area contributed by atoms with Crippen LogP contribution in [0.4, 0.5) is 0 Å². The minimum Gasteiger partial charge on any atom is -0.306 e. The highest BCUT2D eigenvalue weighted by Gasteiger charge is 2.16. The monoisotopic (exact) mass is 476 g/mol. The van der Waals surface area contributed by atoms with Gasteiger partial charge in [-0.25, -0.2) is 9.48 Å². The zero-order valence-corrected chi connectivity index (χ0v) is 18.3. The maximum Gasteiger partial charge on any atom is 0.323 e. The number of aromatic nitrogens is 8. The number of hydrogen-bond acceptors (Lipinski definition) is 5. The maximum atomic E-state index is 11.6. The molecule has 4 aromatic heterocycles. The van der Waals surface area contributed by atoms with Gasteiger partial charge in [-0.1, -0.05) is 28.4 Å². The molecule has 0 spiro atoms. The molecule has 0 fully saturated rings. The molecule has 6 rings (SSSR count). The maximum absolute atomic E-state index is 11.6. The quantitative estimate of drug-likeness (QED) is 0.396. The Kier molecular flexibility index (Phi) is 4.53. The van der Waals surface area contributed by atoms with Crippen molar-refractivity contribution in [2.75, 3.05) is 0 Å². The summed E-state index contributed by atoms with van der Waals surface area (Å²) < 4.78 is 3.54. The number of halogens is 2. The highest BCUT2D eigenvalue weighted by atomic mass is 35.5. The van der Waals surface area contributed by atoms with E-state index >= 15 is 0 Å². The van der Waals surface area contributed by atoms with Crippen LogP contribution >= 0.6 is 23.2 Å². The highest BCUT2D eigenvalue weighted by Crippen LogP contribution is 2.31. The van der Waals surface area contributed by atoms with Gasteiger partial charge >= 0.3 is 5.69 Å². The van der Waals surface area contributed by atoms with E-state index in [1.807, 2.05) is 47.1 Å². The van der Waals surface area contributed by atoms with Gasteiger partial charge in [0, 0.05) is 24.2 Å². The second kappa shape index (κ2) is 7.58. The molecule has 0 saturated heterocycles. The minimum absolute atomic E-state index is 0.265. The first-order valence-corrected chi connectivity index (χ1v) is 10.7. The van der Waals surface area contributed by atoms with Gasteiger partial charge in [-0.2, -0.15) is 5.10 Å². The van der Waals surface area contributed by atoms with Crippen molar-refractivity contribution < 1.29 is 0 Å². The van der Waals surface area contributed by atoms with Crippen LogP contribution in [-0.2, 0) is 6.54 Å². The molecule has 9 nitrogen and oxygen atoms in total. The lowest BCUT2D eigenvalue weighted by Crippen LogP contribution is -2.04. The summed E-state index contributed by atoms with van der Waals surface area (Å²) in [4.78, 5) is 21.2. The molecule has 11 heteroatoms. The van der Waals surface area contributed by atoms with Gasteiger partial charge in [0.2, 0.25) is 0 Å². The van der Waals surface area contributed by atoms with Gasteiger partial charge in [0.15, 0.2) is 0 Å². The van der Waals surface area contributed by atoms with Crippen LogP contribution < -0.4 is 5.69 Å². The molecule has 4 heterocycles. The first kappa shape index (κ1) is 19.7. The second-order valence-corrected chi connectivity index (χ2v) is 8.29. The Bertz CT molecular complexity index is 1710. The largest absolute Gasteiger partial charge is 0.323 e. The Hall–Kier alpha value is -3.95. The Morgan fingerprint density at radius 2 is 1.82 bits per heavy atom. The van der Waals surface area contributed by atoms with Crippen molar-refractivity contribution >= 4 is 45.3 Å². The molecule has 2 aromatic carbocycles. The lowest BCUT2D eigenvalue weighted by molar-refractivity contribution is 0.694. The van der Waals surface area contributed by atoms with E-state index < -0.39 is 0 Å². The Balaban J connectivity index is 1.47. The van der Waals surface area contributed by atoms with Crippen LogP contribution in [0.5, 0.6) is 0 Å². The van der Waals surface area contributed by atoms with E-state index in [1.165, 1.54) is 0 Å². The van der Waals surface area contributed by atoms with Crippen LogP contribution in [0.25, 0.3) is 39.0 Å². The summed E-state index contributed by atoms with van der Waals surface area (Å²) >= 11 is 12.9. The number of hydrogen-bond donors (Lipinski definition) is 2. The van der Waals surface area contributed by atoms with E-state index in [9.17, 15) is 4.79 Å². The summed E-state index contributed by atoms with van der Waals surface area (Å²) in [6.07, 6.45) is 5.04. The van der Waals surface area contributed by atoms with E-state index in [0.717, 1.165) is 28.0 Å². The number of nitrogens with zero attached hydrogens (tertiary/aromatic N) is 6. The molecular formula is C22H14Cl2N8O. The highest BCUT2D eigenvalue weighted by molar-refractivity contribution is 6.35. The van der Waals surface area contributed by atoms with E-state index in [1.54, 1.807) is 23.3 Å². The van der Waals surface area contributed by atoms with Gasteiger partial charge < -0.3 is 9.97 Å². The standard InChI is InChI=1S/C22H14Cl2N8O/c23-15-7-13(19-4-6-26-31(19)11-12-3-5-25-10-16(12)24)8-20-21(15)29-30-32(20)14-1-2-17-18(9-14)28-22(33)27-17/h1-10H,11H2,(H2,27,28,33). The molecule has 0 bridgehead atoms. The third-order valence-corrected chi connectivity index (χ3v) is 6.07. The van der Waals surface area contributed by atoms with E-state index in [2.05, 4.69) is 30.4 Å². The molecule has 33 heavy (non-hydrogen) atoms. The number of nitrogens with one attached hydrogen (secondary N) is 2. The summed E-state index contributed by atoms with van der Waals surface area (Å²) in [7, 11) is 0. The number of benzene rings is 2. The molecule has 0 saturated carbocycles. The number of imidazole rings is 1. The molecule has 162 valence electrons. The second-order valence-electron chi connectivity index (χ2n) is 7.48. The third kappa shape index (κ3) is 3.38. The van der Waals surface area contributed by atoms with Crippen molar-refractivity contribution in [2.45, 2.75) is 6.54 Å². The number of H-pyrrole nitrogens is 2. The minimum atomic E-state index is -0.265. The summed E-state index contributed by atoms with van der Waals surface area (Å²) in [5, 5.41) is 14.1. The van der Waals surface area contributed by atoms with Gasteiger partial charge in [-0.15, -0.1) is 5.10 Å². The van der Waals surface area contributed by atoms with Gasteiger partial charge in [0.05, 0.1) is 44.5 Å². The Labute approximate surface area is 195 Å². The molecule has 2 N–H and O–H groups in total. The van der Waals surface area contributed by atoms with Gasteiger partial charge in [-0.3, -0.25) is 9.67 Å². The first-order valence-electron chi connectivity index (χ1n) is 9.95. The van der Waals surface area contributed by atoms with E-state index in [0.29, 0.717) is 33.1 Å². The molecule has 0 aliphatic rings. The van der Waals surface area contributed by atoms with Crippen LogP contribution in [0.15, 0.2) is 65.8 Å². The normalized spacial score (nSPS) is 11.6. The van der Waals surface area contributed by atoms with Crippen molar-refractivity contribution in [3.05, 3.63) is 87.1 Å². The predicted molar refractivity (Wildman–Crippen MR) is 126 cm³/mol. The average molecular weight is 477 g/mol.